The number of nitrogens with zero attached hydrogens (tertiary/aromatic N) is 3. The first-order valence-electron chi connectivity index (χ1n) is 12.4. The summed E-state index contributed by atoms with van der Waals surface area (Å²) in [4.78, 5) is 20.0. The van der Waals surface area contributed by atoms with Gasteiger partial charge in [0, 0.05) is 25.7 Å². The Morgan fingerprint density at radius 2 is 1.85 bits per heavy atom. The molecule has 0 radical (unpaired) electrons. The molecule has 1 unspecified atom stereocenters. The Bertz CT molecular complexity index is 1210. The van der Waals surface area contributed by atoms with E-state index in [4.69, 9.17) is 14.6 Å². The maximum absolute atomic E-state index is 14.9. The summed E-state index contributed by atoms with van der Waals surface area (Å²) in [5, 5.41) is 11.4. The summed E-state index contributed by atoms with van der Waals surface area (Å²) < 4.78 is 96.4. The maximum Gasteiger partial charge on any atom is 0.456 e. The number of urea groups is 1. The number of hydrogen-bond acceptors (Lipinski definition) is 7. The Kier molecular flexibility index (Phi) is 8.95. The first-order valence-corrected chi connectivity index (χ1v) is 12.4. The Morgan fingerprint density at radius 1 is 1.12 bits per heavy atom. The quantitative estimate of drug-likeness (QED) is 0.483. The molecule has 2 aliphatic heterocycles. The largest absolute Gasteiger partial charge is 0.475 e. The molecule has 3 heterocycles. The van der Waals surface area contributed by atoms with Gasteiger partial charge in [-0.15, -0.1) is 0 Å². The van der Waals surface area contributed by atoms with Gasteiger partial charge in [-0.05, 0) is 41.8 Å². The number of carbonyl (C=O) groups is 1. The topological polar surface area (TPSA) is 96.4 Å². The number of aliphatic hydroxyl groups excluding tert-OH is 1. The third-order valence-corrected chi connectivity index (χ3v) is 6.47. The standard InChI is InChI=1S/C25H28F6N4O5/c1-15-10-18(26)19(32-23(37)35-4-8-39-20(14-35)24(27,28)25(29,30)31)13-17(15)16-11-21(34-2-6-38-7-3-34)33-22(12-16)40-9-5-36/h10-13,20,36H,2-9,14H2,1H3,(H,32,37). The zero-order valence-corrected chi connectivity index (χ0v) is 21.4. The van der Waals surface area contributed by atoms with Gasteiger partial charge in [0.2, 0.25) is 5.88 Å². The van der Waals surface area contributed by atoms with Crippen LogP contribution in [-0.2, 0) is 9.47 Å². The third kappa shape index (κ3) is 6.53. The zero-order chi connectivity index (χ0) is 29.1. The number of hydrogen-bond donors (Lipinski definition) is 2. The normalized spacial score (nSPS) is 18.6. The van der Waals surface area contributed by atoms with Crippen LogP contribution in [0.25, 0.3) is 11.1 Å². The minimum absolute atomic E-state index is 0.0172. The van der Waals surface area contributed by atoms with E-state index >= 15 is 0 Å². The molecular weight excluding hydrogens is 550 g/mol. The van der Waals surface area contributed by atoms with Crippen molar-refractivity contribution in [3.05, 3.63) is 35.6 Å². The molecule has 0 aliphatic carbocycles. The van der Waals surface area contributed by atoms with Crippen LogP contribution in [-0.4, -0.2) is 98.4 Å². The molecule has 15 heteroatoms. The second kappa shape index (κ2) is 12.1. The monoisotopic (exact) mass is 578 g/mol. The molecule has 2 saturated heterocycles. The number of anilines is 2. The van der Waals surface area contributed by atoms with Gasteiger partial charge in [0.05, 0.1) is 38.7 Å². The van der Waals surface area contributed by atoms with Crippen molar-refractivity contribution >= 4 is 17.5 Å². The summed E-state index contributed by atoms with van der Waals surface area (Å²) in [6.07, 6.45) is -8.46. The van der Waals surface area contributed by atoms with Crippen molar-refractivity contribution in [3.8, 4) is 17.0 Å². The number of ether oxygens (including phenoxy) is 3. The van der Waals surface area contributed by atoms with Crippen LogP contribution in [0.5, 0.6) is 5.88 Å². The summed E-state index contributed by atoms with van der Waals surface area (Å²) in [7, 11) is 0. The van der Waals surface area contributed by atoms with Crippen LogP contribution < -0.4 is 15.0 Å². The van der Waals surface area contributed by atoms with E-state index in [0.29, 0.717) is 48.8 Å². The average molecular weight is 579 g/mol. The third-order valence-electron chi connectivity index (χ3n) is 6.47. The van der Waals surface area contributed by atoms with Crippen molar-refractivity contribution in [1.82, 2.24) is 9.88 Å². The zero-order valence-electron chi connectivity index (χ0n) is 21.4. The molecule has 2 aromatic rings. The van der Waals surface area contributed by atoms with Crippen LogP contribution in [0.4, 0.5) is 42.6 Å². The SMILES string of the molecule is Cc1cc(F)c(NC(=O)N2CCOC(C(F)(F)C(F)(F)F)C2)cc1-c1cc(OCCO)nc(N2CCOCC2)c1. The number of aromatic nitrogens is 1. The Balaban J connectivity index is 1.60. The fourth-order valence-electron chi connectivity index (χ4n) is 4.33. The highest BCUT2D eigenvalue weighted by Gasteiger charge is 2.64. The second-order valence-electron chi connectivity index (χ2n) is 9.23. The maximum atomic E-state index is 14.9. The van der Waals surface area contributed by atoms with Crippen LogP contribution >= 0.6 is 0 Å². The number of halogens is 6. The minimum atomic E-state index is -5.86. The number of benzene rings is 1. The molecule has 0 spiro atoms. The fraction of sp³-hybridized carbons (Fsp3) is 0.520. The highest BCUT2D eigenvalue weighted by atomic mass is 19.4. The van der Waals surface area contributed by atoms with Crippen molar-refractivity contribution in [3.63, 3.8) is 0 Å². The predicted molar refractivity (Wildman–Crippen MR) is 131 cm³/mol. The molecular formula is C25H28F6N4O5. The van der Waals surface area contributed by atoms with Gasteiger partial charge < -0.3 is 34.4 Å². The van der Waals surface area contributed by atoms with E-state index in [1.54, 1.807) is 19.1 Å². The highest BCUT2D eigenvalue weighted by molar-refractivity contribution is 5.91. The molecule has 1 aromatic carbocycles. The van der Waals surface area contributed by atoms with Gasteiger partial charge in [-0.2, -0.15) is 26.9 Å². The lowest BCUT2D eigenvalue weighted by molar-refractivity contribution is -0.323. The number of morpholine rings is 2. The van der Waals surface area contributed by atoms with E-state index in [1.165, 1.54) is 6.07 Å². The van der Waals surface area contributed by atoms with Crippen molar-refractivity contribution in [2.24, 2.45) is 0 Å². The number of carbonyl (C=O) groups excluding carboxylic acids is 1. The summed E-state index contributed by atoms with van der Waals surface area (Å²) in [6.45, 7) is 1.61. The summed E-state index contributed by atoms with van der Waals surface area (Å²) >= 11 is 0. The lowest BCUT2D eigenvalue weighted by atomic mass is 10.00. The van der Waals surface area contributed by atoms with Crippen LogP contribution in [0.1, 0.15) is 5.56 Å². The molecule has 2 aliphatic rings. The number of aliphatic hydroxyl groups is 1. The molecule has 2 amide bonds. The van der Waals surface area contributed by atoms with Crippen LogP contribution in [0, 0.1) is 12.7 Å². The van der Waals surface area contributed by atoms with Crippen LogP contribution in [0.3, 0.4) is 0 Å². The molecule has 0 bridgehead atoms. The van der Waals surface area contributed by atoms with E-state index in [9.17, 15) is 31.1 Å². The van der Waals surface area contributed by atoms with Crippen molar-refractivity contribution < 1.29 is 50.5 Å². The van der Waals surface area contributed by atoms with Crippen LogP contribution in [0.2, 0.25) is 0 Å². The lowest BCUT2D eigenvalue weighted by Gasteiger charge is -2.37. The van der Waals surface area contributed by atoms with E-state index in [2.05, 4.69) is 15.0 Å². The number of rotatable bonds is 7. The van der Waals surface area contributed by atoms with Gasteiger partial charge in [-0.1, -0.05) is 0 Å². The van der Waals surface area contributed by atoms with Crippen molar-refractivity contribution in [1.29, 1.82) is 0 Å². The average Bonchev–Trinajstić information content (AvgIpc) is 2.93. The number of amides is 2. The van der Waals surface area contributed by atoms with Gasteiger partial charge in [-0.3, -0.25) is 0 Å². The van der Waals surface area contributed by atoms with Gasteiger partial charge >= 0.3 is 18.1 Å². The number of aryl methyl sites for hydroxylation is 1. The highest BCUT2D eigenvalue weighted by Crippen LogP contribution is 2.40. The summed E-state index contributed by atoms with van der Waals surface area (Å²) in [5.74, 6) is -5.26. The molecule has 40 heavy (non-hydrogen) atoms. The molecule has 0 saturated carbocycles. The van der Waals surface area contributed by atoms with Gasteiger partial charge in [0.1, 0.15) is 24.3 Å². The Labute approximate surface area is 225 Å². The molecule has 2 N–H and O–H groups in total. The lowest BCUT2D eigenvalue weighted by Crippen LogP contribution is -2.58. The van der Waals surface area contributed by atoms with Crippen molar-refractivity contribution in [2.45, 2.75) is 25.1 Å². The second-order valence-corrected chi connectivity index (χ2v) is 9.23. The Hall–Kier alpha value is -3.30. The van der Waals surface area contributed by atoms with Gasteiger partial charge in [0.25, 0.3) is 0 Å². The van der Waals surface area contributed by atoms with E-state index < -0.39 is 43.2 Å². The minimum Gasteiger partial charge on any atom is -0.475 e. The number of pyridine rings is 1. The number of alkyl halides is 5. The fourth-order valence-corrected chi connectivity index (χ4v) is 4.33. The molecule has 2 fully saturated rings. The molecule has 9 nitrogen and oxygen atoms in total. The summed E-state index contributed by atoms with van der Waals surface area (Å²) in [6, 6.07) is 4.76. The van der Waals surface area contributed by atoms with Crippen molar-refractivity contribution in [2.75, 3.05) is 69.4 Å². The predicted octanol–water partition coefficient (Wildman–Crippen LogP) is 3.83. The number of nitrogens with one attached hydrogen (secondary N) is 1. The first-order chi connectivity index (χ1) is 18.9. The van der Waals surface area contributed by atoms with Crippen LogP contribution in [0.15, 0.2) is 24.3 Å². The van der Waals surface area contributed by atoms with E-state index in [0.717, 1.165) is 11.0 Å². The Morgan fingerprint density at radius 3 is 2.52 bits per heavy atom. The van der Waals surface area contributed by atoms with E-state index in [-0.39, 0.29) is 31.3 Å². The first kappa shape index (κ1) is 29.7. The molecule has 4 rings (SSSR count). The van der Waals surface area contributed by atoms with E-state index in [1.807, 2.05) is 4.90 Å². The summed E-state index contributed by atoms with van der Waals surface area (Å²) in [5.41, 5.74) is 1.21. The van der Waals surface area contributed by atoms with Gasteiger partial charge in [0.15, 0.2) is 0 Å². The molecule has 220 valence electrons. The van der Waals surface area contributed by atoms with Gasteiger partial charge in [-0.25, -0.2) is 9.18 Å². The molecule has 1 aromatic heterocycles. The smallest absolute Gasteiger partial charge is 0.456 e. The molecule has 1 atom stereocenters.